The van der Waals surface area contributed by atoms with Crippen molar-refractivity contribution in [2.45, 2.75) is 13.3 Å². The van der Waals surface area contributed by atoms with E-state index in [4.69, 9.17) is 12.2 Å². The molecule has 0 unspecified atom stereocenters. The van der Waals surface area contributed by atoms with E-state index in [9.17, 15) is 4.79 Å². The van der Waals surface area contributed by atoms with Gasteiger partial charge < -0.3 is 5.32 Å². The summed E-state index contributed by atoms with van der Waals surface area (Å²) in [5, 5.41) is 6.13. The van der Waals surface area contributed by atoms with Crippen LogP contribution >= 0.6 is 57.4 Å². The molecular weight excluding hydrogens is 522 g/mol. The maximum atomic E-state index is 12.2. The van der Waals surface area contributed by atoms with Gasteiger partial charge in [-0.1, -0.05) is 19.1 Å². The van der Waals surface area contributed by atoms with E-state index in [1.54, 1.807) is 6.07 Å². The summed E-state index contributed by atoms with van der Waals surface area (Å²) in [5.74, 6) is -0.203. The lowest BCUT2D eigenvalue weighted by molar-refractivity contribution is 0.0977. The second kappa shape index (κ2) is 8.21. The lowest BCUT2D eigenvalue weighted by atomic mass is 10.1. The normalized spacial score (nSPS) is 10.1. The van der Waals surface area contributed by atoms with Gasteiger partial charge >= 0.3 is 0 Å². The third-order valence-corrected chi connectivity index (χ3v) is 4.86. The molecule has 0 bridgehead atoms. The third kappa shape index (κ3) is 4.63. The van der Waals surface area contributed by atoms with Crippen LogP contribution in [0.4, 0.5) is 5.69 Å². The third-order valence-electron chi connectivity index (χ3n) is 3.04. The highest BCUT2D eigenvalue weighted by Gasteiger charge is 2.11. The number of carbonyl (C=O) groups excluding carboxylic acids is 1. The second-order valence-electron chi connectivity index (χ2n) is 4.54. The fourth-order valence-corrected chi connectivity index (χ4v) is 3.34. The first-order chi connectivity index (χ1) is 10.5. The Balaban J connectivity index is 2.08. The van der Waals surface area contributed by atoms with Crippen LogP contribution in [-0.4, -0.2) is 11.0 Å². The second-order valence-corrected chi connectivity index (χ2v) is 7.36. The summed E-state index contributed by atoms with van der Waals surface area (Å²) in [7, 11) is 0. The highest BCUT2D eigenvalue weighted by Crippen LogP contribution is 2.19. The van der Waals surface area contributed by atoms with Crippen LogP contribution in [0, 0.1) is 7.14 Å². The number of hydrogen-bond donors (Lipinski definition) is 2. The molecule has 0 aliphatic rings. The molecule has 6 heteroatoms. The molecule has 0 spiro atoms. The van der Waals surface area contributed by atoms with E-state index in [0.717, 1.165) is 21.2 Å². The van der Waals surface area contributed by atoms with Crippen molar-refractivity contribution in [1.29, 1.82) is 0 Å². The maximum absolute atomic E-state index is 12.2. The van der Waals surface area contributed by atoms with Gasteiger partial charge in [-0.2, -0.15) is 0 Å². The summed E-state index contributed by atoms with van der Waals surface area (Å²) in [6.07, 6.45) is 0.895. The average Bonchev–Trinajstić information content (AvgIpc) is 2.49. The van der Waals surface area contributed by atoms with Gasteiger partial charge in [-0.25, -0.2) is 0 Å². The number of amides is 1. The molecule has 0 radical (unpaired) electrons. The van der Waals surface area contributed by atoms with Crippen LogP contribution in [0.2, 0.25) is 0 Å². The fraction of sp³-hybridized carbons (Fsp3) is 0.125. The quantitative estimate of drug-likeness (QED) is 0.446. The van der Waals surface area contributed by atoms with E-state index >= 15 is 0 Å². The van der Waals surface area contributed by atoms with Crippen LogP contribution in [0.15, 0.2) is 42.5 Å². The van der Waals surface area contributed by atoms with Crippen LogP contribution in [0.25, 0.3) is 0 Å². The molecule has 2 rings (SSSR count). The number of anilines is 1. The first kappa shape index (κ1) is 17.6. The zero-order valence-corrected chi connectivity index (χ0v) is 17.0. The number of carbonyl (C=O) groups is 1. The van der Waals surface area contributed by atoms with Crippen LogP contribution < -0.4 is 10.6 Å². The molecule has 0 aliphatic heterocycles. The molecule has 0 fully saturated rings. The first-order valence-electron chi connectivity index (χ1n) is 6.66. The molecule has 2 aromatic carbocycles. The van der Waals surface area contributed by atoms with Gasteiger partial charge in [-0.3, -0.25) is 10.1 Å². The predicted octanol–water partition coefficient (Wildman–Crippen LogP) is 4.59. The summed E-state index contributed by atoms with van der Waals surface area (Å²) in [6.45, 7) is 2.09. The Labute approximate surface area is 162 Å². The van der Waals surface area contributed by atoms with Crippen molar-refractivity contribution in [3.63, 3.8) is 0 Å². The molecule has 0 atom stereocenters. The molecule has 0 aromatic heterocycles. The minimum atomic E-state index is -0.203. The van der Waals surface area contributed by atoms with Crippen LogP contribution in [-0.2, 0) is 6.42 Å². The molecule has 3 nitrogen and oxygen atoms in total. The molecule has 114 valence electrons. The van der Waals surface area contributed by atoms with Gasteiger partial charge in [-0.05, 0) is 99.7 Å². The number of halogens is 2. The largest absolute Gasteiger partial charge is 0.332 e. The van der Waals surface area contributed by atoms with Crippen molar-refractivity contribution in [1.82, 2.24) is 5.32 Å². The van der Waals surface area contributed by atoms with Crippen LogP contribution in [0.3, 0.4) is 0 Å². The summed E-state index contributed by atoms with van der Waals surface area (Å²) < 4.78 is 2.07. The number of nitrogens with one attached hydrogen (secondary N) is 2. The van der Waals surface area contributed by atoms with Crippen molar-refractivity contribution in [2.24, 2.45) is 0 Å². The SMILES string of the molecule is CCc1cc(I)ccc1NC(=S)NC(=O)c1ccccc1I. The van der Waals surface area contributed by atoms with Crippen molar-refractivity contribution in [3.05, 3.63) is 60.7 Å². The maximum Gasteiger partial charge on any atom is 0.258 e. The molecule has 2 aromatic rings. The summed E-state index contributed by atoms with van der Waals surface area (Å²) in [5.41, 5.74) is 2.71. The van der Waals surface area contributed by atoms with E-state index in [0.29, 0.717) is 10.7 Å². The fourth-order valence-electron chi connectivity index (χ4n) is 1.95. The van der Waals surface area contributed by atoms with Crippen LogP contribution in [0.5, 0.6) is 0 Å². The molecule has 0 aliphatic carbocycles. The smallest absolute Gasteiger partial charge is 0.258 e. The van der Waals surface area contributed by atoms with E-state index in [-0.39, 0.29) is 5.91 Å². The average molecular weight is 536 g/mol. The number of benzene rings is 2. The van der Waals surface area contributed by atoms with Gasteiger partial charge in [0, 0.05) is 12.8 Å². The number of aryl methyl sites for hydroxylation is 1. The van der Waals surface area contributed by atoms with Crippen molar-refractivity contribution in [3.8, 4) is 0 Å². The Morgan fingerprint density at radius 3 is 2.59 bits per heavy atom. The van der Waals surface area contributed by atoms with Gasteiger partial charge in [0.2, 0.25) is 0 Å². The Morgan fingerprint density at radius 2 is 1.91 bits per heavy atom. The molecular formula is C16H14I2N2OS. The summed E-state index contributed by atoms with van der Waals surface area (Å²) in [6, 6.07) is 13.5. The van der Waals surface area contributed by atoms with Crippen molar-refractivity contribution >= 4 is 74.1 Å². The highest BCUT2D eigenvalue weighted by atomic mass is 127. The Bertz CT molecular complexity index is 719. The van der Waals surface area contributed by atoms with Gasteiger partial charge in [0.1, 0.15) is 0 Å². The Hall–Kier alpha value is -0.740. The predicted molar refractivity (Wildman–Crippen MR) is 111 cm³/mol. The summed E-state index contributed by atoms with van der Waals surface area (Å²) in [4.78, 5) is 12.2. The minimum Gasteiger partial charge on any atom is -0.332 e. The monoisotopic (exact) mass is 536 g/mol. The lowest BCUT2D eigenvalue weighted by Gasteiger charge is -2.13. The van der Waals surface area contributed by atoms with Crippen molar-refractivity contribution < 1.29 is 4.79 Å². The van der Waals surface area contributed by atoms with E-state index in [1.807, 2.05) is 30.3 Å². The van der Waals surface area contributed by atoms with Gasteiger partial charge in [0.15, 0.2) is 5.11 Å². The van der Waals surface area contributed by atoms with Crippen LogP contribution in [0.1, 0.15) is 22.8 Å². The Morgan fingerprint density at radius 1 is 1.18 bits per heavy atom. The minimum absolute atomic E-state index is 0.203. The molecule has 0 heterocycles. The Kier molecular flexibility index (Phi) is 6.57. The molecule has 0 saturated carbocycles. The first-order valence-corrected chi connectivity index (χ1v) is 9.23. The van der Waals surface area contributed by atoms with Gasteiger partial charge in [-0.15, -0.1) is 0 Å². The topological polar surface area (TPSA) is 41.1 Å². The van der Waals surface area contributed by atoms with Gasteiger partial charge in [0.25, 0.3) is 5.91 Å². The standard InChI is InChI=1S/C16H14I2N2OS/c1-2-10-9-11(17)7-8-14(10)19-16(22)20-15(21)12-5-3-4-6-13(12)18/h3-9H,2H2,1H3,(H2,19,20,21,22). The molecule has 22 heavy (non-hydrogen) atoms. The number of hydrogen-bond acceptors (Lipinski definition) is 2. The number of rotatable bonds is 3. The molecule has 0 saturated heterocycles. The number of thiocarbonyl (C=S) groups is 1. The van der Waals surface area contributed by atoms with Gasteiger partial charge in [0.05, 0.1) is 5.56 Å². The van der Waals surface area contributed by atoms with E-state index in [2.05, 4.69) is 68.8 Å². The van der Waals surface area contributed by atoms with E-state index in [1.165, 1.54) is 3.57 Å². The zero-order chi connectivity index (χ0) is 16.1. The zero-order valence-electron chi connectivity index (χ0n) is 11.8. The van der Waals surface area contributed by atoms with E-state index < -0.39 is 0 Å². The molecule has 2 N–H and O–H groups in total. The van der Waals surface area contributed by atoms with Crippen molar-refractivity contribution in [2.75, 3.05) is 5.32 Å². The molecule has 1 amide bonds. The lowest BCUT2D eigenvalue weighted by Crippen LogP contribution is -2.34. The highest BCUT2D eigenvalue weighted by molar-refractivity contribution is 14.1. The summed E-state index contributed by atoms with van der Waals surface area (Å²) >= 11 is 9.66.